The van der Waals surface area contributed by atoms with Crippen molar-refractivity contribution in [3.8, 4) is 0 Å². The molecule has 1 saturated heterocycles. The van der Waals surface area contributed by atoms with Gasteiger partial charge >= 0.3 is 6.03 Å². The van der Waals surface area contributed by atoms with E-state index in [4.69, 9.17) is 0 Å². The third-order valence-electron chi connectivity index (χ3n) is 4.03. The Labute approximate surface area is 138 Å². The van der Waals surface area contributed by atoms with Crippen LogP contribution in [0.4, 0.5) is 4.79 Å². The van der Waals surface area contributed by atoms with Crippen LogP contribution in [-0.4, -0.2) is 61.9 Å². The number of carbonyl (C=O) groups excluding carboxylic acids is 1. The summed E-state index contributed by atoms with van der Waals surface area (Å²) in [6, 6.07) is 10.5. The summed E-state index contributed by atoms with van der Waals surface area (Å²) in [5, 5.41) is 3.06. The summed E-state index contributed by atoms with van der Waals surface area (Å²) in [4.78, 5) is 17.4. The van der Waals surface area contributed by atoms with Crippen LogP contribution in [0.2, 0.25) is 0 Å². The molecule has 1 aliphatic rings. The zero-order chi connectivity index (χ0) is 15.8. The van der Waals surface area contributed by atoms with Gasteiger partial charge in [0.05, 0.1) is 0 Å². The Morgan fingerprint density at radius 3 is 2.86 bits per heavy atom. The van der Waals surface area contributed by atoms with Gasteiger partial charge in [0.1, 0.15) is 0 Å². The minimum atomic E-state index is 0.0549. The summed E-state index contributed by atoms with van der Waals surface area (Å²) in [6.07, 6.45) is 2.20. The first-order valence-electron chi connectivity index (χ1n) is 8.00. The van der Waals surface area contributed by atoms with Crippen LogP contribution < -0.4 is 5.32 Å². The van der Waals surface area contributed by atoms with Gasteiger partial charge in [-0.3, -0.25) is 0 Å². The van der Waals surface area contributed by atoms with Crippen molar-refractivity contribution in [3.05, 3.63) is 30.3 Å². The number of hydrogen-bond acceptors (Lipinski definition) is 3. The molecule has 2 rings (SSSR count). The van der Waals surface area contributed by atoms with Gasteiger partial charge in [-0.1, -0.05) is 18.2 Å². The van der Waals surface area contributed by atoms with E-state index in [1.165, 1.54) is 11.3 Å². The fourth-order valence-electron chi connectivity index (χ4n) is 2.67. The van der Waals surface area contributed by atoms with Crippen molar-refractivity contribution in [2.24, 2.45) is 5.92 Å². The number of urea groups is 1. The zero-order valence-electron chi connectivity index (χ0n) is 13.6. The molecule has 1 N–H and O–H groups in total. The van der Waals surface area contributed by atoms with Crippen molar-refractivity contribution in [1.82, 2.24) is 15.1 Å². The quantitative estimate of drug-likeness (QED) is 0.619. The fraction of sp³-hybridized carbons (Fsp3) is 0.588. The first-order chi connectivity index (χ1) is 10.6. The normalized spacial score (nSPS) is 18.4. The number of rotatable bonds is 7. The average molecular weight is 321 g/mol. The molecule has 1 fully saturated rings. The number of likely N-dealkylation sites (tertiary alicyclic amines) is 1. The molecule has 122 valence electrons. The maximum atomic E-state index is 12.0. The smallest absolute Gasteiger partial charge is 0.317 e. The predicted molar refractivity (Wildman–Crippen MR) is 93.4 cm³/mol. The van der Waals surface area contributed by atoms with Crippen molar-refractivity contribution < 1.29 is 4.79 Å². The molecule has 1 heterocycles. The van der Waals surface area contributed by atoms with Gasteiger partial charge in [-0.25, -0.2) is 4.79 Å². The molecule has 0 saturated carbocycles. The molecule has 4 nitrogen and oxygen atoms in total. The highest BCUT2D eigenvalue weighted by Crippen LogP contribution is 2.17. The fourth-order valence-corrected chi connectivity index (χ4v) is 3.53. The van der Waals surface area contributed by atoms with E-state index in [9.17, 15) is 4.79 Å². The highest BCUT2D eigenvalue weighted by atomic mass is 32.2. The lowest BCUT2D eigenvalue weighted by Crippen LogP contribution is -2.40. The highest BCUT2D eigenvalue weighted by Gasteiger charge is 2.20. The predicted octanol–water partition coefficient (Wildman–Crippen LogP) is 2.76. The van der Waals surface area contributed by atoms with Crippen LogP contribution in [0.1, 0.15) is 12.8 Å². The second kappa shape index (κ2) is 9.06. The van der Waals surface area contributed by atoms with Gasteiger partial charge in [0.15, 0.2) is 0 Å². The van der Waals surface area contributed by atoms with E-state index in [2.05, 4.69) is 41.5 Å². The first kappa shape index (κ1) is 17.2. The van der Waals surface area contributed by atoms with Crippen molar-refractivity contribution in [2.45, 2.75) is 17.7 Å². The Kier molecular flexibility index (Phi) is 7.06. The Bertz CT molecular complexity index is 454. The van der Waals surface area contributed by atoms with Crippen molar-refractivity contribution in [2.75, 3.05) is 46.0 Å². The van der Waals surface area contributed by atoms with Crippen LogP contribution in [0.25, 0.3) is 0 Å². The molecule has 5 heteroatoms. The number of nitrogens with zero attached hydrogens (tertiary/aromatic N) is 2. The van der Waals surface area contributed by atoms with Gasteiger partial charge < -0.3 is 15.1 Å². The second-order valence-electron chi connectivity index (χ2n) is 6.04. The monoisotopic (exact) mass is 321 g/mol. The van der Waals surface area contributed by atoms with Crippen molar-refractivity contribution in [1.29, 1.82) is 0 Å². The zero-order valence-corrected chi connectivity index (χ0v) is 14.4. The third-order valence-corrected chi connectivity index (χ3v) is 5.13. The Morgan fingerprint density at radius 1 is 1.41 bits per heavy atom. The number of thioether (sulfide) groups is 1. The van der Waals surface area contributed by atoms with E-state index in [0.29, 0.717) is 5.92 Å². The number of hydrogen-bond donors (Lipinski definition) is 1. The molecule has 2 amide bonds. The van der Waals surface area contributed by atoms with Crippen LogP contribution in [0.5, 0.6) is 0 Å². The summed E-state index contributed by atoms with van der Waals surface area (Å²) >= 11 is 1.84. The number of benzene rings is 1. The lowest BCUT2D eigenvalue weighted by molar-refractivity contribution is 0.207. The molecular formula is C17H27N3OS. The number of carbonyl (C=O) groups is 1. The van der Waals surface area contributed by atoms with Crippen molar-refractivity contribution >= 4 is 17.8 Å². The maximum Gasteiger partial charge on any atom is 0.317 e. The largest absolute Gasteiger partial charge is 0.338 e. The van der Waals surface area contributed by atoms with E-state index in [0.717, 1.165) is 38.4 Å². The van der Waals surface area contributed by atoms with Crippen LogP contribution in [0.3, 0.4) is 0 Å². The maximum absolute atomic E-state index is 12.0. The minimum absolute atomic E-state index is 0.0549. The molecule has 1 aromatic carbocycles. The van der Waals surface area contributed by atoms with E-state index in [1.54, 1.807) is 4.90 Å². The van der Waals surface area contributed by atoms with Crippen LogP contribution in [0, 0.1) is 5.92 Å². The van der Waals surface area contributed by atoms with Crippen LogP contribution in [0.15, 0.2) is 35.2 Å². The standard InChI is InChI=1S/C17H27N3OS/c1-19-11-9-15(14-19)13-18-17(21)20(2)10-6-12-22-16-7-4-3-5-8-16/h3-5,7-8,15H,6,9-14H2,1-2H3,(H,18,21)/t15-/m0/s1. The molecule has 0 aliphatic carbocycles. The molecule has 0 radical (unpaired) electrons. The molecule has 0 bridgehead atoms. The Balaban J connectivity index is 1.56. The first-order valence-corrected chi connectivity index (χ1v) is 8.99. The molecule has 0 spiro atoms. The van der Waals surface area contributed by atoms with Gasteiger partial charge in [-0.05, 0) is 50.2 Å². The average Bonchev–Trinajstić information content (AvgIpc) is 2.95. The van der Waals surface area contributed by atoms with Crippen molar-refractivity contribution in [3.63, 3.8) is 0 Å². The van der Waals surface area contributed by atoms with E-state index in [1.807, 2.05) is 24.9 Å². The summed E-state index contributed by atoms with van der Waals surface area (Å²) in [7, 11) is 4.02. The van der Waals surface area contributed by atoms with Gasteiger partial charge in [0.2, 0.25) is 0 Å². The topological polar surface area (TPSA) is 35.6 Å². The van der Waals surface area contributed by atoms with Gasteiger partial charge in [0.25, 0.3) is 0 Å². The molecular weight excluding hydrogens is 294 g/mol. The second-order valence-corrected chi connectivity index (χ2v) is 7.21. The summed E-state index contributed by atoms with van der Waals surface area (Å²) in [6.45, 7) is 3.84. The van der Waals surface area contributed by atoms with Crippen LogP contribution in [-0.2, 0) is 0 Å². The lowest BCUT2D eigenvalue weighted by atomic mass is 10.1. The van der Waals surface area contributed by atoms with E-state index >= 15 is 0 Å². The summed E-state index contributed by atoms with van der Waals surface area (Å²) in [5.74, 6) is 1.64. The Morgan fingerprint density at radius 2 is 2.18 bits per heavy atom. The Hall–Kier alpha value is -1.20. The number of nitrogens with one attached hydrogen (secondary N) is 1. The summed E-state index contributed by atoms with van der Waals surface area (Å²) < 4.78 is 0. The van der Waals surface area contributed by atoms with Crippen LogP contribution >= 0.6 is 11.8 Å². The van der Waals surface area contributed by atoms with Gasteiger partial charge in [-0.2, -0.15) is 0 Å². The highest BCUT2D eigenvalue weighted by molar-refractivity contribution is 7.99. The third kappa shape index (κ3) is 5.89. The van der Waals surface area contributed by atoms with Gasteiger partial charge in [-0.15, -0.1) is 11.8 Å². The number of amides is 2. The molecule has 0 unspecified atom stereocenters. The molecule has 0 aromatic heterocycles. The molecule has 22 heavy (non-hydrogen) atoms. The van der Waals surface area contributed by atoms with E-state index < -0.39 is 0 Å². The molecule has 1 aromatic rings. The lowest BCUT2D eigenvalue weighted by Gasteiger charge is -2.19. The van der Waals surface area contributed by atoms with Gasteiger partial charge in [0, 0.05) is 31.6 Å². The van der Waals surface area contributed by atoms with E-state index in [-0.39, 0.29) is 6.03 Å². The SMILES string of the molecule is CN1CC[C@@H](CNC(=O)N(C)CCCSc2ccccc2)C1. The summed E-state index contributed by atoms with van der Waals surface area (Å²) in [5.41, 5.74) is 0. The molecule has 1 atom stereocenters. The molecule has 1 aliphatic heterocycles. The minimum Gasteiger partial charge on any atom is -0.338 e.